The van der Waals surface area contributed by atoms with Gasteiger partial charge in [0.25, 0.3) is 0 Å². The van der Waals surface area contributed by atoms with E-state index in [1.54, 1.807) is 0 Å². The van der Waals surface area contributed by atoms with Gasteiger partial charge in [-0.15, -0.1) is 0 Å². The molecular formula is C51H34N2O3. The molecule has 0 saturated heterocycles. The lowest BCUT2D eigenvalue weighted by atomic mass is 9.96. The molecule has 0 N–H and O–H groups in total. The van der Waals surface area contributed by atoms with Gasteiger partial charge in [-0.05, 0) is 65.2 Å². The average Bonchev–Trinajstić information content (AvgIpc) is 3.99. The number of hydrogen-bond donors (Lipinski definition) is 0. The summed E-state index contributed by atoms with van der Waals surface area (Å²) in [5, 5.41) is 7.86. The van der Waals surface area contributed by atoms with Crippen molar-refractivity contribution in [2.45, 2.75) is 13.1 Å². The third kappa shape index (κ3) is 5.13. The monoisotopic (exact) mass is 722 g/mol. The summed E-state index contributed by atoms with van der Waals surface area (Å²) in [5.41, 5.74) is 11.9. The normalized spacial score (nSPS) is 12.4. The van der Waals surface area contributed by atoms with Crippen LogP contribution < -0.4 is 0 Å². The van der Waals surface area contributed by atoms with Crippen LogP contribution in [0.1, 0.15) is 22.5 Å². The van der Waals surface area contributed by atoms with Crippen molar-refractivity contribution >= 4 is 88.9 Å². The number of fused-ring (bicyclic) bond motifs is 10. The van der Waals surface area contributed by atoms with Crippen LogP contribution in [0, 0.1) is 0 Å². The minimum Gasteiger partial charge on any atom is -0.458 e. The van der Waals surface area contributed by atoms with E-state index in [4.69, 9.17) is 18.2 Å². The van der Waals surface area contributed by atoms with Crippen molar-refractivity contribution in [1.29, 1.82) is 0 Å². The summed E-state index contributed by atoms with van der Waals surface area (Å²) in [6.07, 6.45) is 7.89. The Balaban J connectivity index is 0.995. The maximum Gasteiger partial charge on any atom is 0.136 e. The van der Waals surface area contributed by atoms with Crippen molar-refractivity contribution in [3.05, 3.63) is 187 Å². The highest BCUT2D eigenvalue weighted by Crippen LogP contribution is 2.40. The Morgan fingerprint density at radius 1 is 0.554 bits per heavy atom. The van der Waals surface area contributed by atoms with E-state index in [0.29, 0.717) is 13.1 Å². The molecule has 5 nitrogen and oxygen atoms in total. The van der Waals surface area contributed by atoms with E-state index < -0.39 is 0 Å². The molecule has 0 spiro atoms. The first kappa shape index (κ1) is 32.1. The van der Waals surface area contributed by atoms with Crippen LogP contribution in [0.25, 0.3) is 93.9 Å². The summed E-state index contributed by atoms with van der Waals surface area (Å²) in [6.45, 7) is 5.10. The van der Waals surface area contributed by atoms with Crippen molar-refractivity contribution in [3.8, 4) is 11.1 Å². The molecule has 11 aromatic rings. The van der Waals surface area contributed by atoms with Gasteiger partial charge >= 0.3 is 0 Å². The molecule has 7 aromatic carbocycles. The molecule has 11 rings (SSSR count). The summed E-state index contributed by atoms with van der Waals surface area (Å²) in [5.74, 6) is 0.893. The van der Waals surface area contributed by atoms with E-state index in [1.165, 1.54) is 21.8 Å². The number of benzene rings is 7. The maximum atomic E-state index is 6.76. The van der Waals surface area contributed by atoms with Gasteiger partial charge in [0.15, 0.2) is 0 Å². The highest BCUT2D eigenvalue weighted by atomic mass is 16.3. The number of aliphatic imine (C=N–C) groups is 1. The number of para-hydroxylation sites is 3. The molecule has 0 saturated carbocycles. The Hall–Kier alpha value is -7.37. The number of hydrogen-bond acceptors (Lipinski definition) is 4. The molecule has 266 valence electrons. The van der Waals surface area contributed by atoms with Gasteiger partial charge in [-0.1, -0.05) is 122 Å². The van der Waals surface area contributed by atoms with E-state index in [0.717, 1.165) is 88.4 Å². The average molecular weight is 723 g/mol. The van der Waals surface area contributed by atoms with Gasteiger partial charge in [-0.3, -0.25) is 4.99 Å². The van der Waals surface area contributed by atoms with E-state index >= 15 is 0 Å². The molecule has 0 radical (unpaired) electrons. The van der Waals surface area contributed by atoms with Crippen LogP contribution in [-0.2, 0) is 13.1 Å². The molecule has 0 aliphatic carbocycles. The maximum absolute atomic E-state index is 6.76. The van der Waals surface area contributed by atoms with Crippen LogP contribution in [-0.4, -0.2) is 10.8 Å². The van der Waals surface area contributed by atoms with Crippen molar-refractivity contribution in [2.75, 3.05) is 0 Å². The first-order chi connectivity index (χ1) is 27.7. The van der Waals surface area contributed by atoms with Crippen molar-refractivity contribution in [2.24, 2.45) is 4.99 Å². The standard InChI is InChI=1S/C51H34N2O3/c1-2-3-13-40-49(31-53-42-18-7-4-14-36(42)37-15-5-8-19-43(37)53)56-47-22-11-17-35(51(40)47)33-24-26-45-41(28-33)50-34(12-10-21-46(50)54-45)30-52-29-32-23-25-39-38-16-6-9-20-44(38)55-48(39)27-32/h2-28,30H,1,29,31H2/b13-3-,52-30?. The Bertz CT molecular complexity index is 3350. The molecule has 0 aliphatic heterocycles. The van der Waals surface area contributed by atoms with Crippen LogP contribution in [0.5, 0.6) is 0 Å². The lowest BCUT2D eigenvalue weighted by Crippen LogP contribution is -1.99. The fraction of sp³-hybridized carbons (Fsp3) is 0.0392. The molecule has 4 aromatic heterocycles. The summed E-state index contributed by atoms with van der Waals surface area (Å²) in [7, 11) is 0. The largest absolute Gasteiger partial charge is 0.458 e. The van der Waals surface area contributed by atoms with E-state index in [9.17, 15) is 0 Å². The van der Waals surface area contributed by atoms with E-state index in [2.05, 4.69) is 132 Å². The molecule has 0 atom stereocenters. The Kier molecular flexibility index (Phi) is 7.39. The van der Waals surface area contributed by atoms with Crippen molar-refractivity contribution < 1.29 is 13.3 Å². The van der Waals surface area contributed by atoms with Gasteiger partial charge in [-0.25, -0.2) is 0 Å². The SMILES string of the molecule is C=C/C=C\c1c(Cn2c3ccccc3c3ccccc32)oc2cccc(-c3ccc4oc5cccc(C=NCc6ccc7c(c6)oc6ccccc67)c5c4c3)c12. The summed E-state index contributed by atoms with van der Waals surface area (Å²) >= 11 is 0. The predicted molar refractivity (Wildman–Crippen MR) is 232 cm³/mol. The number of allylic oxidation sites excluding steroid dienone is 2. The second-order valence-corrected chi connectivity index (χ2v) is 14.3. The molecule has 0 amide bonds. The molecule has 5 heteroatoms. The predicted octanol–water partition coefficient (Wildman–Crippen LogP) is 13.9. The molecule has 0 aliphatic rings. The Labute approximate surface area is 321 Å². The van der Waals surface area contributed by atoms with Crippen LogP contribution >= 0.6 is 0 Å². The number of furan rings is 3. The van der Waals surface area contributed by atoms with Crippen LogP contribution in [0.2, 0.25) is 0 Å². The summed E-state index contributed by atoms with van der Waals surface area (Å²) in [4.78, 5) is 4.90. The molecule has 0 bridgehead atoms. The fourth-order valence-corrected chi connectivity index (χ4v) is 8.48. The van der Waals surface area contributed by atoms with Gasteiger partial charge < -0.3 is 17.8 Å². The minimum absolute atomic E-state index is 0.533. The fourth-order valence-electron chi connectivity index (χ4n) is 8.48. The highest BCUT2D eigenvalue weighted by molar-refractivity contribution is 6.15. The quantitative estimate of drug-likeness (QED) is 0.116. The van der Waals surface area contributed by atoms with Crippen LogP contribution in [0.3, 0.4) is 0 Å². The van der Waals surface area contributed by atoms with E-state index in [-0.39, 0.29) is 0 Å². The van der Waals surface area contributed by atoms with Crippen LogP contribution in [0.15, 0.2) is 183 Å². The molecular weight excluding hydrogens is 689 g/mol. The van der Waals surface area contributed by atoms with E-state index in [1.807, 2.05) is 48.7 Å². The zero-order chi connectivity index (χ0) is 37.2. The number of rotatable bonds is 8. The Morgan fingerprint density at radius 3 is 2.05 bits per heavy atom. The third-order valence-corrected chi connectivity index (χ3v) is 11.0. The smallest absolute Gasteiger partial charge is 0.136 e. The molecule has 4 heterocycles. The zero-order valence-corrected chi connectivity index (χ0v) is 30.4. The lowest BCUT2D eigenvalue weighted by Gasteiger charge is -2.08. The molecule has 0 unspecified atom stereocenters. The van der Waals surface area contributed by atoms with Crippen molar-refractivity contribution in [1.82, 2.24) is 4.57 Å². The zero-order valence-electron chi connectivity index (χ0n) is 30.4. The number of aromatic nitrogens is 1. The van der Waals surface area contributed by atoms with Gasteiger partial charge in [0.1, 0.15) is 33.7 Å². The Morgan fingerprint density at radius 2 is 1.23 bits per heavy atom. The lowest BCUT2D eigenvalue weighted by molar-refractivity contribution is 0.535. The first-order valence-corrected chi connectivity index (χ1v) is 18.9. The highest BCUT2D eigenvalue weighted by Gasteiger charge is 2.20. The topological polar surface area (TPSA) is 56.7 Å². The molecule has 56 heavy (non-hydrogen) atoms. The minimum atomic E-state index is 0.533. The third-order valence-electron chi connectivity index (χ3n) is 11.0. The summed E-state index contributed by atoms with van der Waals surface area (Å²) in [6, 6.07) is 50.6. The summed E-state index contributed by atoms with van der Waals surface area (Å²) < 4.78 is 21.7. The van der Waals surface area contributed by atoms with Gasteiger partial charge in [0, 0.05) is 66.1 Å². The van der Waals surface area contributed by atoms with Crippen LogP contribution in [0.4, 0.5) is 0 Å². The van der Waals surface area contributed by atoms with Gasteiger partial charge in [-0.2, -0.15) is 0 Å². The second-order valence-electron chi connectivity index (χ2n) is 14.3. The number of nitrogens with zero attached hydrogens (tertiary/aromatic N) is 2. The van der Waals surface area contributed by atoms with Gasteiger partial charge in [0.2, 0.25) is 0 Å². The first-order valence-electron chi connectivity index (χ1n) is 18.9. The molecule has 0 fully saturated rings. The second kappa shape index (κ2) is 12.9. The van der Waals surface area contributed by atoms with Crippen molar-refractivity contribution in [3.63, 3.8) is 0 Å². The van der Waals surface area contributed by atoms with Gasteiger partial charge in [0.05, 0.1) is 13.1 Å².